The van der Waals surface area contributed by atoms with Crippen molar-refractivity contribution >= 4 is 29.5 Å². The summed E-state index contributed by atoms with van der Waals surface area (Å²) in [5.41, 5.74) is 1.18. The number of hydrogen-bond donors (Lipinski definition) is 3. The number of urea groups is 1. The maximum atomic E-state index is 13.6. The fourth-order valence-corrected chi connectivity index (χ4v) is 3.30. The molecule has 1 heterocycles. The van der Waals surface area contributed by atoms with Gasteiger partial charge < -0.3 is 24.6 Å². The second-order valence-electron chi connectivity index (χ2n) is 7.57. The molecule has 3 aromatic rings. The van der Waals surface area contributed by atoms with Crippen LogP contribution in [0.1, 0.15) is 12.0 Å². The Kier molecular flexibility index (Phi) is 8.69. The largest absolute Gasteiger partial charge is 0.513 e. The number of aromatic nitrogens is 1. The van der Waals surface area contributed by atoms with Crippen LogP contribution in [-0.4, -0.2) is 47.0 Å². The molecular formula is C24H24ClFN4O5. The molecule has 3 N–H and O–H groups in total. The Hall–Kier alpha value is -4.05. The van der Waals surface area contributed by atoms with E-state index in [9.17, 15) is 19.1 Å². The second kappa shape index (κ2) is 11.9. The number of likely N-dealkylation sites (N-methyl/N-ethyl adjacent to an activating group) is 1. The van der Waals surface area contributed by atoms with E-state index >= 15 is 0 Å². The molecule has 3 amide bonds. The average molecular weight is 503 g/mol. The minimum absolute atomic E-state index is 0.0240. The first-order valence-corrected chi connectivity index (χ1v) is 10.9. The van der Waals surface area contributed by atoms with E-state index in [1.165, 1.54) is 24.1 Å². The first-order valence-electron chi connectivity index (χ1n) is 10.5. The normalized spacial score (nSPS) is 11.4. The smallest absolute Gasteiger partial charge is 0.412 e. The number of ether oxygens (including phenoxy) is 1. The topological polar surface area (TPSA) is 117 Å². The maximum absolute atomic E-state index is 13.6. The standard InChI is InChI=1S/C24H24ClFN4O5/c1-15(31)11-18(30(2)23(32)27-13-17-9-6-10-19(26)22(17)25)14-34-24(33)28-21-12-20(35-29-21)16-7-4-3-5-8-16/h3-10,12,18,31H,1,11,13-14H2,2H3,(H,27,32)(H,28,29,33)/t18-/m0/s1. The van der Waals surface area contributed by atoms with Gasteiger partial charge in [0.2, 0.25) is 0 Å². The van der Waals surface area contributed by atoms with E-state index in [2.05, 4.69) is 22.4 Å². The molecule has 0 bridgehead atoms. The summed E-state index contributed by atoms with van der Waals surface area (Å²) in [6.45, 7) is 3.16. The summed E-state index contributed by atoms with van der Waals surface area (Å²) in [7, 11) is 1.46. The third kappa shape index (κ3) is 7.21. The lowest BCUT2D eigenvalue weighted by molar-refractivity contribution is 0.112. The molecule has 0 saturated carbocycles. The van der Waals surface area contributed by atoms with Gasteiger partial charge in [-0.25, -0.2) is 14.0 Å². The molecule has 0 saturated heterocycles. The van der Waals surface area contributed by atoms with Crippen molar-refractivity contribution in [3.8, 4) is 11.3 Å². The summed E-state index contributed by atoms with van der Waals surface area (Å²) in [5, 5.41) is 18.4. The lowest BCUT2D eigenvalue weighted by atomic mass is 10.2. The van der Waals surface area contributed by atoms with Crippen molar-refractivity contribution in [2.45, 2.75) is 19.0 Å². The van der Waals surface area contributed by atoms with Gasteiger partial charge in [-0.1, -0.05) is 65.8 Å². The highest BCUT2D eigenvalue weighted by atomic mass is 35.5. The number of aliphatic hydroxyl groups is 1. The predicted octanol–water partition coefficient (Wildman–Crippen LogP) is 5.35. The SMILES string of the molecule is C=C(O)C[C@@H](COC(=O)Nc1cc(-c2ccccc2)on1)N(C)C(=O)NCc1cccc(F)c1Cl. The van der Waals surface area contributed by atoms with Gasteiger partial charge >= 0.3 is 12.1 Å². The van der Waals surface area contributed by atoms with Gasteiger partial charge in [-0.05, 0) is 11.6 Å². The highest BCUT2D eigenvalue weighted by Crippen LogP contribution is 2.22. The van der Waals surface area contributed by atoms with Crippen LogP contribution in [0.4, 0.5) is 19.8 Å². The van der Waals surface area contributed by atoms with Crippen LogP contribution in [-0.2, 0) is 11.3 Å². The van der Waals surface area contributed by atoms with Crippen LogP contribution < -0.4 is 10.6 Å². The van der Waals surface area contributed by atoms with Gasteiger partial charge in [0, 0.05) is 31.6 Å². The van der Waals surface area contributed by atoms with Gasteiger partial charge in [-0.3, -0.25) is 5.32 Å². The molecule has 0 spiro atoms. The number of benzene rings is 2. The van der Waals surface area contributed by atoms with Crippen molar-refractivity contribution in [1.82, 2.24) is 15.4 Å². The second-order valence-corrected chi connectivity index (χ2v) is 7.95. The van der Waals surface area contributed by atoms with Crippen molar-refractivity contribution in [3.63, 3.8) is 0 Å². The van der Waals surface area contributed by atoms with Crippen LogP contribution >= 0.6 is 11.6 Å². The number of hydrogen-bond acceptors (Lipinski definition) is 6. The number of rotatable bonds is 9. The molecule has 0 aliphatic heterocycles. The monoisotopic (exact) mass is 502 g/mol. The van der Waals surface area contributed by atoms with Crippen molar-refractivity contribution in [1.29, 1.82) is 0 Å². The van der Waals surface area contributed by atoms with Crippen LogP contribution in [0.15, 0.2) is 71.5 Å². The number of carbonyl (C=O) groups excluding carboxylic acids is 2. The molecule has 0 unspecified atom stereocenters. The molecule has 0 aliphatic carbocycles. The van der Waals surface area contributed by atoms with Crippen LogP contribution in [0.25, 0.3) is 11.3 Å². The van der Waals surface area contributed by atoms with E-state index in [0.717, 1.165) is 5.56 Å². The number of nitrogens with one attached hydrogen (secondary N) is 2. The number of nitrogens with zero attached hydrogens (tertiary/aromatic N) is 2. The molecule has 0 fully saturated rings. The Morgan fingerprint density at radius 2 is 2.00 bits per heavy atom. The maximum Gasteiger partial charge on any atom is 0.412 e. The summed E-state index contributed by atoms with van der Waals surface area (Å²) in [4.78, 5) is 26.1. The van der Waals surface area contributed by atoms with Gasteiger partial charge in [0.15, 0.2) is 11.6 Å². The van der Waals surface area contributed by atoms with Crippen molar-refractivity contribution in [2.75, 3.05) is 19.0 Å². The van der Waals surface area contributed by atoms with Gasteiger partial charge in [0.05, 0.1) is 16.8 Å². The Morgan fingerprint density at radius 1 is 1.26 bits per heavy atom. The Labute approximate surface area is 206 Å². The Balaban J connectivity index is 1.55. The predicted molar refractivity (Wildman–Crippen MR) is 128 cm³/mol. The summed E-state index contributed by atoms with van der Waals surface area (Å²) in [5.74, 6) is -0.181. The zero-order chi connectivity index (χ0) is 25.4. The molecule has 11 heteroatoms. The van der Waals surface area contributed by atoms with Crippen LogP contribution in [0.2, 0.25) is 5.02 Å². The highest BCUT2D eigenvalue weighted by molar-refractivity contribution is 6.31. The molecule has 1 atom stereocenters. The fraction of sp³-hybridized carbons (Fsp3) is 0.208. The van der Waals surface area contributed by atoms with Gasteiger partial charge in [-0.15, -0.1) is 0 Å². The van der Waals surface area contributed by atoms with E-state index in [-0.39, 0.29) is 36.2 Å². The number of halogens is 2. The van der Waals surface area contributed by atoms with E-state index in [1.807, 2.05) is 30.3 Å². The first-order chi connectivity index (χ1) is 16.7. The summed E-state index contributed by atoms with van der Waals surface area (Å²) >= 11 is 5.91. The molecule has 0 radical (unpaired) electrons. The van der Waals surface area contributed by atoms with E-state index in [4.69, 9.17) is 20.9 Å². The number of anilines is 1. The molecule has 3 rings (SSSR count). The van der Waals surface area contributed by atoms with Crippen molar-refractivity contribution in [2.24, 2.45) is 0 Å². The lowest BCUT2D eigenvalue weighted by Crippen LogP contribution is -2.46. The molecular weight excluding hydrogens is 479 g/mol. The van der Waals surface area contributed by atoms with Crippen molar-refractivity contribution < 1.29 is 28.3 Å². The minimum Gasteiger partial charge on any atom is -0.513 e. The molecule has 35 heavy (non-hydrogen) atoms. The van der Waals surface area contributed by atoms with Crippen LogP contribution in [0.5, 0.6) is 0 Å². The lowest BCUT2D eigenvalue weighted by Gasteiger charge is -2.27. The summed E-state index contributed by atoms with van der Waals surface area (Å²) < 4.78 is 24.0. The van der Waals surface area contributed by atoms with E-state index in [0.29, 0.717) is 11.3 Å². The Bertz CT molecular complexity index is 1190. The third-order valence-electron chi connectivity index (χ3n) is 5.01. The zero-order valence-electron chi connectivity index (χ0n) is 18.8. The summed E-state index contributed by atoms with van der Waals surface area (Å²) in [6, 6.07) is 13.7. The number of amides is 3. The van der Waals surface area contributed by atoms with Crippen LogP contribution in [0.3, 0.4) is 0 Å². The third-order valence-corrected chi connectivity index (χ3v) is 5.43. The number of carbonyl (C=O) groups is 2. The molecule has 9 nitrogen and oxygen atoms in total. The average Bonchev–Trinajstić information content (AvgIpc) is 3.30. The summed E-state index contributed by atoms with van der Waals surface area (Å²) in [6.07, 6.45) is -0.869. The molecule has 184 valence electrons. The highest BCUT2D eigenvalue weighted by Gasteiger charge is 2.23. The molecule has 1 aromatic heterocycles. The quantitative estimate of drug-likeness (QED) is 0.339. The Morgan fingerprint density at radius 3 is 2.71 bits per heavy atom. The number of aliphatic hydroxyl groups excluding tert-OH is 1. The van der Waals surface area contributed by atoms with E-state index < -0.39 is 24.0 Å². The zero-order valence-corrected chi connectivity index (χ0v) is 19.6. The molecule has 0 aliphatic rings. The first kappa shape index (κ1) is 25.6. The van der Waals surface area contributed by atoms with Gasteiger partial charge in [-0.2, -0.15) is 0 Å². The molecule has 2 aromatic carbocycles. The fourth-order valence-electron chi connectivity index (χ4n) is 3.11. The minimum atomic E-state index is -0.827. The van der Waals surface area contributed by atoms with E-state index in [1.54, 1.807) is 12.1 Å². The van der Waals surface area contributed by atoms with Gasteiger partial charge in [0.25, 0.3) is 0 Å². The van der Waals surface area contributed by atoms with Crippen LogP contribution in [0, 0.1) is 5.82 Å². The van der Waals surface area contributed by atoms with Gasteiger partial charge in [0.1, 0.15) is 12.4 Å². The van der Waals surface area contributed by atoms with Crippen molar-refractivity contribution in [3.05, 3.63) is 83.3 Å².